The van der Waals surface area contributed by atoms with Gasteiger partial charge in [-0.25, -0.2) is 0 Å². The molecule has 0 N–H and O–H groups in total. The van der Waals surface area contributed by atoms with Crippen molar-refractivity contribution in [2.45, 2.75) is 164 Å². The van der Waals surface area contributed by atoms with Crippen LogP contribution in [-0.4, -0.2) is 15.1 Å². The normalized spacial score (nSPS) is 41.1. The van der Waals surface area contributed by atoms with Gasteiger partial charge >= 0.3 is 0 Å². The van der Waals surface area contributed by atoms with Crippen molar-refractivity contribution in [3.05, 3.63) is 0 Å². The molecule has 4 saturated carbocycles. The summed E-state index contributed by atoms with van der Waals surface area (Å²) in [7, 11) is -1.01. The van der Waals surface area contributed by atoms with Crippen LogP contribution in [0.2, 0.25) is 13.1 Å². The second kappa shape index (κ2) is 12.2. The average Bonchev–Trinajstić information content (AvgIpc) is 3.17. The van der Waals surface area contributed by atoms with Gasteiger partial charge in [0.1, 0.15) is 0 Å². The summed E-state index contributed by atoms with van der Waals surface area (Å²) < 4.78 is 6.79. The van der Waals surface area contributed by atoms with Crippen molar-refractivity contribution in [1.82, 2.24) is 0 Å². The van der Waals surface area contributed by atoms with Crippen LogP contribution in [0.4, 0.5) is 0 Å². The van der Waals surface area contributed by atoms with Gasteiger partial charge < -0.3 is 4.43 Å². The fourth-order valence-electron chi connectivity index (χ4n) is 11.0. The molecule has 4 rings (SSSR count). The van der Waals surface area contributed by atoms with Gasteiger partial charge in [0.25, 0.3) is 0 Å². The van der Waals surface area contributed by atoms with Crippen LogP contribution in [-0.2, 0) is 4.43 Å². The van der Waals surface area contributed by atoms with Crippen molar-refractivity contribution >= 4 is 9.04 Å². The van der Waals surface area contributed by atoms with Crippen LogP contribution in [0.15, 0.2) is 0 Å². The summed E-state index contributed by atoms with van der Waals surface area (Å²) in [6.07, 6.45) is 21.0. The van der Waals surface area contributed by atoms with Crippen molar-refractivity contribution in [3.8, 4) is 0 Å². The molecule has 222 valence electrons. The minimum atomic E-state index is -1.01. The van der Waals surface area contributed by atoms with E-state index in [1.807, 2.05) is 0 Å². The summed E-state index contributed by atoms with van der Waals surface area (Å²) in [5, 5.41) is 0. The second-order valence-corrected chi connectivity index (χ2v) is 19.9. The lowest BCUT2D eigenvalue weighted by molar-refractivity contribution is -0.127. The van der Waals surface area contributed by atoms with Crippen LogP contribution in [0.25, 0.3) is 0 Å². The van der Waals surface area contributed by atoms with Gasteiger partial charge in [0.15, 0.2) is 9.04 Å². The second-order valence-electron chi connectivity index (χ2n) is 17.5. The summed E-state index contributed by atoms with van der Waals surface area (Å²) >= 11 is 0. The van der Waals surface area contributed by atoms with Gasteiger partial charge in [-0.05, 0) is 147 Å². The summed E-state index contributed by atoms with van der Waals surface area (Å²) in [4.78, 5) is 0. The molecule has 0 spiro atoms. The molecular formula is C36H68OSi. The molecule has 0 aliphatic heterocycles. The van der Waals surface area contributed by atoms with Gasteiger partial charge in [-0.1, -0.05) is 74.7 Å². The third-order valence-corrected chi connectivity index (χ3v) is 14.0. The maximum absolute atomic E-state index is 6.79. The number of rotatable bonds is 10. The zero-order valence-electron chi connectivity index (χ0n) is 27.6. The number of fused-ring (bicyclic) bond motifs is 5. The van der Waals surface area contributed by atoms with Crippen LogP contribution in [0.5, 0.6) is 0 Å². The fourth-order valence-corrected chi connectivity index (χ4v) is 12.1. The molecule has 3 unspecified atom stereocenters. The molecule has 0 saturated heterocycles. The Kier molecular flexibility index (Phi) is 9.98. The molecule has 2 heteroatoms. The maximum atomic E-state index is 6.79. The Bertz CT molecular complexity index is 753. The van der Waals surface area contributed by atoms with E-state index < -0.39 is 9.04 Å². The monoisotopic (exact) mass is 545 g/mol. The van der Waals surface area contributed by atoms with E-state index in [4.69, 9.17) is 4.43 Å². The Morgan fingerprint density at radius 1 is 0.816 bits per heavy atom. The minimum Gasteiger partial charge on any atom is -0.417 e. The van der Waals surface area contributed by atoms with E-state index in [2.05, 4.69) is 68.5 Å². The average molecular weight is 545 g/mol. The van der Waals surface area contributed by atoms with Crippen LogP contribution >= 0.6 is 0 Å². The van der Waals surface area contributed by atoms with E-state index in [-0.39, 0.29) is 0 Å². The van der Waals surface area contributed by atoms with Gasteiger partial charge in [0.05, 0.1) is 0 Å². The predicted octanol–water partition coefficient (Wildman–Crippen LogP) is 10.9. The molecule has 10 atom stereocenters. The highest BCUT2D eigenvalue weighted by Crippen LogP contribution is 2.69. The first-order chi connectivity index (χ1) is 17.7. The van der Waals surface area contributed by atoms with Gasteiger partial charge in [-0.15, -0.1) is 0 Å². The molecule has 0 amide bonds. The van der Waals surface area contributed by atoms with Gasteiger partial charge in [-0.2, -0.15) is 0 Å². The fraction of sp³-hybridized carbons (Fsp3) is 1.00. The molecular weight excluding hydrogens is 476 g/mol. The molecule has 0 heterocycles. The quantitative estimate of drug-likeness (QED) is 0.248. The Labute approximate surface area is 241 Å². The van der Waals surface area contributed by atoms with Crippen molar-refractivity contribution in [3.63, 3.8) is 0 Å². The summed E-state index contributed by atoms with van der Waals surface area (Å²) in [6, 6.07) is 0. The van der Waals surface area contributed by atoms with Crippen LogP contribution in [0, 0.1) is 63.6 Å². The first-order valence-electron chi connectivity index (χ1n) is 17.4. The van der Waals surface area contributed by atoms with Crippen LogP contribution < -0.4 is 0 Å². The molecule has 1 nitrogen and oxygen atoms in total. The smallest absolute Gasteiger partial charge is 0.171 e. The summed E-state index contributed by atoms with van der Waals surface area (Å²) in [5.41, 5.74) is 1.65. The van der Waals surface area contributed by atoms with E-state index in [1.54, 1.807) is 12.8 Å². The van der Waals surface area contributed by atoms with Crippen molar-refractivity contribution in [2.24, 2.45) is 63.6 Å². The van der Waals surface area contributed by atoms with Crippen LogP contribution in [0.1, 0.15) is 145 Å². The lowest BCUT2D eigenvalue weighted by Gasteiger charge is -2.62. The Morgan fingerprint density at radius 3 is 2.16 bits per heavy atom. The van der Waals surface area contributed by atoms with E-state index in [1.165, 1.54) is 77.0 Å². The Balaban J connectivity index is 1.41. The lowest BCUT2D eigenvalue weighted by atomic mass is 9.43. The SMILES string of the molecule is CC(C)CCC[C@@H](C)[C@H]1CC[C@H]2[C@@H]3CCC4CC(C(CCC(C)(C)C)O[SiH](C)C)CC[C@]4(C)[C@H]3CC[C@]12C. The Morgan fingerprint density at radius 2 is 1.50 bits per heavy atom. The summed E-state index contributed by atoms with van der Waals surface area (Å²) in [5.74, 6) is 7.60. The number of hydrogen-bond acceptors (Lipinski definition) is 1. The zero-order chi connectivity index (χ0) is 27.9. The van der Waals surface area contributed by atoms with Crippen molar-refractivity contribution < 1.29 is 4.43 Å². The van der Waals surface area contributed by atoms with E-state index in [0.717, 1.165) is 47.3 Å². The van der Waals surface area contributed by atoms with Gasteiger partial charge in [-0.3, -0.25) is 0 Å². The van der Waals surface area contributed by atoms with E-state index >= 15 is 0 Å². The largest absolute Gasteiger partial charge is 0.417 e. The minimum absolute atomic E-state index is 0.418. The van der Waals surface area contributed by atoms with Crippen LogP contribution in [0.3, 0.4) is 0 Å². The van der Waals surface area contributed by atoms with Crippen molar-refractivity contribution in [2.75, 3.05) is 0 Å². The lowest BCUT2D eigenvalue weighted by Crippen LogP contribution is -2.54. The summed E-state index contributed by atoms with van der Waals surface area (Å²) in [6.45, 7) is 25.0. The molecule has 0 radical (unpaired) electrons. The first kappa shape index (κ1) is 31.1. The van der Waals surface area contributed by atoms with E-state index in [9.17, 15) is 0 Å². The maximum Gasteiger partial charge on any atom is 0.171 e. The molecule has 4 aliphatic carbocycles. The third-order valence-electron chi connectivity index (χ3n) is 13.1. The standard InChI is InChI=1S/C36H68OSi/c1-25(2)12-11-13-26(3)30-16-17-31-29-15-14-28-24-27(33(37-38(9)10)20-21-34(4,5)6)18-22-35(28,7)32(29)19-23-36(30,31)8/h25-33,38H,11-24H2,1-10H3/t26-,27?,28?,29+,30-,31+,32+,33?,35+,36-/m1/s1. The third kappa shape index (κ3) is 6.63. The van der Waals surface area contributed by atoms with Gasteiger partial charge in [0, 0.05) is 6.10 Å². The highest BCUT2D eigenvalue weighted by molar-refractivity contribution is 6.48. The van der Waals surface area contributed by atoms with Crippen molar-refractivity contribution in [1.29, 1.82) is 0 Å². The van der Waals surface area contributed by atoms with E-state index in [0.29, 0.717) is 22.3 Å². The Hall–Kier alpha value is 0.177. The molecule has 4 aliphatic rings. The highest BCUT2D eigenvalue weighted by atomic mass is 28.3. The van der Waals surface area contributed by atoms with Gasteiger partial charge in [0.2, 0.25) is 0 Å². The molecule has 0 aromatic heterocycles. The molecule has 0 aromatic rings. The number of hydrogen-bond donors (Lipinski definition) is 0. The first-order valence-corrected chi connectivity index (χ1v) is 20.2. The predicted molar refractivity (Wildman–Crippen MR) is 169 cm³/mol. The topological polar surface area (TPSA) is 9.23 Å². The highest BCUT2D eigenvalue weighted by Gasteiger charge is 2.60. The molecule has 0 aromatic carbocycles. The molecule has 0 bridgehead atoms. The molecule has 4 fully saturated rings. The zero-order valence-corrected chi connectivity index (χ0v) is 28.7. The molecule has 38 heavy (non-hydrogen) atoms.